The van der Waals surface area contributed by atoms with E-state index in [9.17, 15) is 21.6 Å². The maximum absolute atomic E-state index is 13.4. The zero-order valence-corrected chi connectivity index (χ0v) is 17.3. The van der Waals surface area contributed by atoms with E-state index in [0.717, 1.165) is 3.97 Å². The number of benzene rings is 2. The number of hydrogen-bond acceptors (Lipinski definition) is 5. The van der Waals surface area contributed by atoms with E-state index in [4.69, 9.17) is 5.73 Å². The molecule has 7 nitrogen and oxygen atoms in total. The summed E-state index contributed by atoms with van der Waals surface area (Å²) in [6.45, 7) is 3.00. The lowest BCUT2D eigenvalue weighted by atomic mass is 10.0. The Balaban J connectivity index is 1.99. The number of rotatable bonds is 4. The maximum atomic E-state index is 13.4. The summed E-state index contributed by atoms with van der Waals surface area (Å²) in [5.41, 5.74) is 7.31. The summed E-state index contributed by atoms with van der Waals surface area (Å²) in [5, 5.41) is -0.780. The van der Waals surface area contributed by atoms with Crippen LogP contribution in [0.15, 0.2) is 48.5 Å². The lowest BCUT2D eigenvalue weighted by molar-refractivity contribution is -0.144. The van der Waals surface area contributed by atoms with Gasteiger partial charge in [0.25, 0.3) is 0 Å². The fraction of sp³-hybridized carbons (Fsp3) is 0.200. The van der Waals surface area contributed by atoms with E-state index >= 15 is 0 Å². The molecule has 4 rings (SSSR count). The SMILES string of the molecule is CC(C)S(=O)(=O)n1c(N)nc2ccc(-c3nc(C(F)(F)F)[nH]c3-c3ccccc3)cc21. The van der Waals surface area contributed by atoms with Gasteiger partial charge >= 0.3 is 6.18 Å². The summed E-state index contributed by atoms with van der Waals surface area (Å²) >= 11 is 0. The lowest BCUT2D eigenvalue weighted by Crippen LogP contribution is -2.23. The Bertz CT molecular complexity index is 1370. The molecule has 0 aliphatic heterocycles. The Morgan fingerprint density at radius 1 is 1.03 bits per heavy atom. The van der Waals surface area contributed by atoms with Gasteiger partial charge in [0, 0.05) is 11.1 Å². The van der Waals surface area contributed by atoms with Gasteiger partial charge in [-0.2, -0.15) is 13.2 Å². The molecule has 0 aliphatic rings. The van der Waals surface area contributed by atoms with Crippen molar-refractivity contribution in [3.8, 4) is 22.5 Å². The van der Waals surface area contributed by atoms with Crippen molar-refractivity contribution >= 4 is 27.0 Å². The summed E-state index contributed by atoms with van der Waals surface area (Å²) in [6, 6.07) is 12.9. The van der Waals surface area contributed by atoms with Crippen molar-refractivity contribution in [1.29, 1.82) is 0 Å². The molecular formula is C20H18F3N5O2S. The van der Waals surface area contributed by atoms with Gasteiger partial charge in [0.1, 0.15) is 0 Å². The van der Waals surface area contributed by atoms with E-state index in [1.807, 2.05) is 0 Å². The standard InChI is InChI=1S/C20H18F3N5O2S/c1-11(2)31(29,30)28-15-10-13(8-9-14(15)25-19(28)24)17-16(12-6-4-3-5-7-12)26-18(27-17)20(21,22)23/h3-11H,1-2H3,(H2,24,25)(H,26,27). The van der Waals surface area contributed by atoms with Crippen LogP contribution in [0.2, 0.25) is 0 Å². The van der Waals surface area contributed by atoms with Gasteiger partial charge in [0.05, 0.1) is 27.7 Å². The number of aromatic nitrogens is 4. The molecule has 0 atom stereocenters. The molecule has 0 saturated heterocycles. The van der Waals surface area contributed by atoms with Crippen molar-refractivity contribution < 1.29 is 21.6 Å². The Labute approximate surface area is 175 Å². The predicted molar refractivity (Wildman–Crippen MR) is 112 cm³/mol. The first kappa shape index (κ1) is 20.9. The quantitative estimate of drug-likeness (QED) is 0.484. The first-order valence-corrected chi connectivity index (χ1v) is 10.8. The number of anilines is 1. The van der Waals surface area contributed by atoms with Gasteiger partial charge in [-0.25, -0.2) is 22.4 Å². The minimum absolute atomic E-state index is 0.0358. The normalized spacial score (nSPS) is 12.7. The van der Waals surface area contributed by atoms with E-state index in [2.05, 4.69) is 15.0 Å². The third-order valence-corrected chi connectivity index (χ3v) is 6.88. The second kappa shape index (κ2) is 7.12. The summed E-state index contributed by atoms with van der Waals surface area (Å²) < 4.78 is 66.6. The largest absolute Gasteiger partial charge is 0.449 e. The number of nitrogens with one attached hydrogen (secondary N) is 1. The third-order valence-electron chi connectivity index (χ3n) is 4.80. The van der Waals surface area contributed by atoms with Crippen LogP contribution in [0.25, 0.3) is 33.5 Å². The van der Waals surface area contributed by atoms with Crippen molar-refractivity contribution in [2.45, 2.75) is 25.3 Å². The van der Waals surface area contributed by atoms with Crippen molar-refractivity contribution in [3.63, 3.8) is 0 Å². The second-order valence-electron chi connectivity index (χ2n) is 7.20. The van der Waals surface area contributed by atoms with Gasteiger partial charge in [0.2, 0.25) is 21.8 Å². The lowest BCUT2D eigenvalue weighted by Gasteiger charge is -2.11. The average molecular weight is 449 g/mol. The summed E-state index contributed by atoms with van der Waals surface area (Å²) in [6.07, 6.45) is -4.68. The van der Waals surface area contributed by atoms with Crippen LogP contribution in [-0.2, 0) is 16.2 Å². The number of nitrogens with two attached hydrogens (primary N) is 1. The predicted octanol–water partition coefficient (Wildman–Crippen LogP) is 4.28. The molecule has 0 unspecified atom stereocenters. The number of halogens is 3. The van der Waals surface area contributed by atoms with E-state index in [-0.39, 0.29) is 22.9 Å². The van der Waals surface area contributed by atoms with Crippen molar-refractivity contribution in [1.82, 2.24) is 18.9 Å². The molecule has 31 heavy (non-hydrogen) atoms. The number of hydrogen-bond donors (Lipinski definition) is 2. The number of aromatic amines is 1. The van der Waals surface area contributed by atoms with Gasteiger partial charge in [-0.3, -0.25) is 0 Å². The van der Waals surface area contributed by atoms with Crippen molar-refractivity contribution in [2.24, 2.45) is 0 Å². The zero-order valence-electron chi connectivity index (χ0n) is 16.5. The number of H-pyrrole nitrogens is 1. The highest BCUT2D eigenvalue weighted by Crippen LogP contribution is 2.37. The van der Waals surface area contributed by atoms with Gasteiger partial charge in [0.15, 0.2) is 0 Å². The number of imidazole rings is 2. The first-order valence-electron chi connectivity index (χ1n) is 9.25. The molecule has 0 fully saturated rings. The van der Waals surface area contributed by atoms with Crippen LogP contribution in [0.4, 0.5) is 19.1 Å². The summed E-state index contributed by atoms with van der Waals surface area (Å²) in [4.78, 5) is 10.2. The molecule has 0 amide bonds. The Kier molecular flexibility index (Phi) is 4.80. The number of alkyl halides is 3. The van der Waals surface area contributed by atoms with Crippen LogP contribution in [0.1, 0.15) is 19.7 Å². The molecule has 0 aliphatic carbocycles. The van der Waals surface area contributed by atoms with E-state index in [1.165, 1.54) is 32.0 Å². The second-order valence-corrected chi connectivity index (χ2v) is 9.54. The fourth-order valence-electron chi connectivity index (χ4n) is 3.23. The molecule has 3 N–H and O–H groups in total. The molecule has 0 spiro atoms. The van der Waals surface area contributed by atoms with E-state index < -0.39 is 27.3 Å². The number of fused-ring (bicyclic) bond motifs is 1. The zero-order chi connectivity index (χ0) is 22.6. The molecule has 2 heterocycles. The molecular weight excluding hydrogens is 431 g/mol. The Hall–Kier alpha value is -3.34. The molecule has 162 valence electrons. The average Bonchev–Trinajstić information content (AvgIpc) is 3.29. The maximum Gasteiger partial charge on any atom is 0.449 e. The van der Waals surface area contributed by atoms with Crippen LogP contribution in [-0.4, -0.2) is 32.6 Å². The van der Waals surface area contributed by atoms with Crippen LogP contribution < -0.4 is 5.73 Å². The van der Waals surface area contributed by atoms with Crippen LogP contribution in [0, 0.1) is 0 Å². The molecule has 11 heteroatoms. The first-order chi connectivity index (χ1) is 14.5. The smallest absolute Gasteiger partial charge is 0.368 e. The van der Waals surface area contributed by atoms with E-state index in [0.29, 0.717) is 16.6 Å². The fourth-order valence-corrected chi connectivity index (χ4v) is 4.37. The number of nitrogens with zero attached hydrogens (tertiary/aromatic N) is 3. The Morgan fingerprint density at radius 3 is 2.32 bits per heavy atom. The highest BCUT2D eigenvalue weighted by molar-refractivity contribution is 7.90. The molecule has 0 radical (unpaired) electrons. The summed E-state index contributed by atoms with van der Waals surface area (Å²) in [5.74, 6) is -1.37. The minimum atomic E-state index is -4.68. The molecule has 2 aromatic heterocycles. The molecule has 0 bridgehead atoms. The molecule has 4 aromatic rings. The topological polar surface area (TPSA) is 107 Å². The number of nitrogen functional groups attached to an aromatic ring is 1. The van der Waals surface area contributed by atoms with E-state index in [1.54, 1.807) is 30.3 Å². The monoisotopic (exact) mass is 449 g/mol. The molecule has 2 aromatic carbocycles. The van der Waals surface area contributed by atoms with Crippen LogP contribution in [0.5, 0.6) is 0 Å². The van der Waals surface area contributed by atoms with Crippen molar-refractivity contribution in [3.05, 3.63) is 54.4 Å². The van der Waals surface area contributed by atoms with Crippen LogP contribution in [0.3, 0.4) is 0 Å². The van der Waals surface area contributed by atoms with Gasteiger partial charge in [-0.15, -0.1) is 0 Å². The van der Waals surface area contributed by atoms with Gasteiger partial charge < -0.3 is 10.7 Å². The molecule has 0 saturated carbocycles. The highest BCUT2D eigenvalue weighted by Gasteiger charge is 2.36. The van der Waals surface area contributed by atoms with Crippen LogP contribution >= 0.6 is 0 Å². The minimum Gasteiger partial charge on any atom is -0.368 e. The Morgan fingerprint density at radius 2 is 1.71 bits per heavy atom. The van der Waals surface area contributed by atoms with Crippen molar-refractivity contribution in [2.75, 3.05) is 5.73 Å². The summed E-state index contributed by atoms with van der Waals surface area (Å²) in [7, 11) is -3.85. The van der Waals surface area contributed by atoms with Gasteiger partial charge in [-0.1, -0.05) is 36.4 Å². The highest BCUT2D eigenvalue weighted by atomic mass is 32.2. The van der Waals surface area contributed by atoms with Gasteiger partial charge in [-0.05, 0) is 26.0 Å². The third kappa shape index (κ3) is 3.54.